The van der Waals surface area contributed by atoms with Crippen molar-refractivity contribution >= 4 is 31.6 Å². The second kappa shape index (κ2) is 6.12. The van der Waals surface area contributed by atoms with E-state index >= 15 is 0 Å². The van der Waals surface area contributed by atoms with Crippen LogP contribution in [0.4, 0.5) is 5.69 Å². The van der Waals surface area contributed by atoms with Crippen LogP contribution in [0, 0.1) is 10.1 Å². The molecule has 0 saturated carbocycles. The lowest BCUT2D eigenvalue weighted by Crippen LogP contribution is -2.56. The Kier molecular flexibility index (Phi) is 4.47. The van der Waals surface area contributed by atoms with Gasteiger partial charge in [-0.1, -0.05) is 15.9 Å². The molecule has 0 amide bonds. The molecule has 126 valence electrons. The van der Waals surface area contributed by atoms with Gasteiger partial charge in [0.2, 0.25) is 10.0 Å². The molecule has 2 saturated heterocycles. The molecule has 9 heteroatoms. The van der Waals surface area contributed by atoms with E-state index < -0.39 is 14.9 Å². The van der Waals surface area contributed by atoms with Crippen molar-refractivity contribution in [3.63, 3.8) is 0 Å². The summed E-state index contributed by atoms with van der Waals surface area (Å²) in [6.07, 6.45) is 2.09. The molecule has 1 aromatic rings. The van der Waals surface area contributed by atoms with Gasteiger partial charge >= 0.3 is 0 Å². The minimum absolute atomic E-state index is 0.0307. The molecule has 0 spiro atoms. The molecule has 2 unspecified atom stereocenters. The smallest absolute Gasteiger partial charge is 0.271 e. The van der Waals surface area contributed by atoms with Crippen LogP contribution in [0.3, 0.4) is 0 Å². The Morgan fingerprint density at radius 1 is 1.30 bits per heavy atom. The normalized spacial score (nSPS) is 26.2. The number of rotatable bonds is 3. The predicted molar refractivity (Wildman–Crippen MR) is 88.7 cm³/mol. The van der Waals surface area contributed by atoms with Crippen LogP contribution < -0.4 is 0 Å². The minimum Gasteiger partial charge on any atom is -0.297 e. The monoisotopic (exact) mass is 403 g/mol. The van der Waals surface area contributed by atoms with E-state index in [9.17, 15) is 18.5 Å². The zero-order valence-electron chi connectivity index (χ0n) is 12.7. The number of benzene rings is 1. The molecule has 2 heterocycles. The number of nitro benzene ring substituents is 1. The summed E-state index contributed by atoms with van der Waals surface area (Å²) < 4.78 is 27.8. The fourth-order valence-corrected chi connectivity index (χ4v) is 5.79. The molecule has 2 atom stereocenters. The van der Waals surface area contributed by atoms with Gasteiger partial charge in [0.1, 0.15) is 0 Å². The number of nitro groups is 1. The molecule has 0 aliphatic carbocycles. The molecule has 0 N–H and O–H groups in total. The lowest BCUT2D eigenvalue weighted by atomic mass is 10.1. The molecule has 1 aromatic carbocycles. The van der Waals surface area contributed by atoms with E-state index in [1.807, 2.05) is 6.92 Å². The average molecular weight is 404 g/mol. The number of halogens is 1. The molecule has 2 fully saturated rings. The van der Waals surface area contributed by atoms with Crippen molar-refractivity contribution in [3.05, 3.63) is 32.8 Å². The first kappa shape index (κ1) is 16.8. The van der Waals surface area contributed by atoms with Gasteiger partial charge in [0, 0.05) is 41.8 Å². The van der Waals surface area contributed by atoms with E-state index in [2.05, 4.69) is 20.8 Å². The highest BCUT2D eigenvalue weighted by atomic mass is 79.9. The number of sulfonamides is 1. The van der Waals surface area contributed by atoms with Crippen molar-refractivity contribution < 1.29 is 13.3 Å². The highest BCUT2D eigenvalue weighted by Gasteiger charge is 2.40. The number of hydrogen-bond acceptors (Lipinski definition) is 5. The van der Waals surface area contributed by atoms with Gasteiger partial charge < -0.3 is 0 Å². The summed E-state index contributed by atoms with van der Waals surface area (Å²) in [5.41, 5.74) is -0.231. The van der Waals surface area contributed by atoms with Crippen molar-refractivity contribution in [2.75, 3.05) is 19.6 Å². The Labute approximate surface area is 143 Å². The molecule has 0 bridgehead atoms. The molecule has 0 aromatic heterocycles. The van der Waals surface area contributed by atoms with E-state index in [4.69, 9.17) is 0 Å². The van der Waals surface area contributed by atoms with Gasteiger partial charge in [-0.05, 0) is 32.4 Å². The van der Waals surface area contributed by atoms with Gasteiger partial charge in [-0.25, -0.2) is 8.42 Å². The van der Waals surface area contributed by atoms with Crippen molar-refractivity contribution in [2.45, 2.75) is 36.7 Å². The third-order valence-electron chi connectivity index (χ3n) is 4.55. The first-order valence-electron chi connectivity index (χ1n) is 7.50. The summed E-state index contributed by atoms with van der Waals surface area (Å²) in [5.74, 6) is 0. The summed E-state index contributed by atoms with van der Waals surface area (Å²) in [4.78, 5) is 12.7. The van der Waals surface area contributed by atoms with E-state index in [0.29, 0.717) is 17.6 Å². The van der Waals surface area contributed by atoms with Crippen LogP contribution in [0.25, 0.3) is 0 Å². The van der Waals surface area contributed by atoms with Gasteiger partial charge in [-0.2, -0.15) is 4.31 Å². The first-order chi connectivity index (χ1) is 10.8. The maximum atomic E-state index is 13.0. The molecule has 7 nitrogen and oxygen atoms in total. The van der Waals surface area contributed by atoms with Gasteiger partial charge in [-0.15, -0.1) is 0 Å². The zero-order chi connectivity index (χ0) is 16.8. The number of hydrogen-bond donors (Lipinski definition) is 0. The van der Waals surface area contributed by atoms with Crippen LogP contribution >= 0.6 is 15.9 Å². The number of piperazine rings is 1. The Morgan fingerprint density at radius 3 is 2.74 bits per heavy atom. The Hall–Kier alpha value is -1.03. The Bertz CT molecular complexity index is 740. The van der Waals surface area contributed by atoms with Gasteiger partial charge in [-0.3, -0.25) is 15.0 Å². The van der Waals surface area contributed by atoms with E-state index in [-0.39, 0.29) is 22.7 Å². The standard InChI is InChI=1S/C14H18BrN3O4S/c1-10-8-16-4-2-3-12(16)9-17(10)23(21,22)14-6-11(15)5-13(7-14)18(19)20/h5-7,10,12H,2-4,8-9H2,1H3. The predicted octanol–water partition coefficient (Wildman–Crippen LogP) is 2.21. The van der Waals surface area contributed by atoms with Gasteiger partial charge in [0.05, 0.1) is 9.82 Å². The van der Waals surface area contributed by atoms with E-state index in [1.165, 1.54) is 16.4 Å². The molecular formula is C14H18BrN3O4S. The van der Waals surface area contributed by atoms with Crippen LogP contribution in [-0.4, -0.2) is 54.3 Å². The van der Waals surface area contributed by atoms with Gasteiger partial charge in [0.15, 0.2) is 0 Å². The largest absolute Gasteiger partial charge is 0.297 e. The topological polar surface area (TPSA) is 83.8 Å². The third-order valence-corrected chi connectivity index (χ3v) is 6.97. The summed E-state index contributed by atoms with van der Waals surface area (Å²) in [6, 6.07) is 3.97. The average Bonchev–Trinajstić information content (AvgIpc) is 2.92. The molecule has 2 aliphatic rings. The fraction of sp³-hybridized carbons (Fsp3) is 0.571. The number of nitrogens with zero attached hydrogens (tertiary/aromatic N) is 3. The summed E-state index contributed by atoms with van der Waals surface area (Å²) in [7, 11) is -3.76. The van der Waals surface area contributed by atoms with Crippen LogP contribution in [-0.2, 0) is 10.0 Å². The number of non-ortho nitro benzene ring substituents is 1. The van der Waals surface area contributed by atoms with Crippen molar-refractivity contribution in [1.82, 2.24) is 9.21 Å². The lowest BCUT2D eigenvalue weighted by molar-refractivity contribution is -0.385. The highest BCUT2D eigenvalue weighted by molar-refractivity contribution is 9.10. The Balaban J connectivity index is 1.96. The molecule has 3 rings (SSSR count). The Morgan fingerprint density at radius 2 is 2.04 bits per heavy atom. The van der Waals surface area contributed by atoms with Crippen molar-refractivity contribution in [1.29, 1.82) is 0 Å². The maximum absolute atomic E-state index is 13.0. The summed E-state index contributed by atoms with van der Waals surface area (Å²) in [6.45, 7) is 4.06. The highest BCUT2D eigenvalue weighted by Crippen LogP contribution is 2.31. The SMILES string of the molecule is CC1CN2CCCC2CN1S(=O)(=O)c1cc(Br)cc([N+](=O)[O-])c1. The second-order valence-corrected chi connectivity index (χ2v) is 8.92. The molecule has 23 heavy (non-hydrogen) atoms. The fourth-order valence-electron chi connectivity index (χ4n) is 3.43. The van der Waals surface area contributed by atoms with E-state index in [1.54, 1.807) is 0 Å². The minimum atomic E-state index is -3.76. The number of fused-ring (bicyclic) bond motifs is 1. The first-order valence-corrected chi connectivity index (χ1v) is 9.73. The molecule has 2 aliphatic heterocycles. The molecule has 0 radical (unpaired) electrons. The second-order valence-electron chi connectivity index (χ2n) is 6.12. The van der Waals surface area contributed by atoms with E-state index in [0.717, 1.165) is 25.5 Å². The third kappa shape index (κ3) is 3.15. The van der Waals surface area contributed by atoms with Crippen LogP contribution in [0.2, 0.25) is 0 Å². The van der Waals surface area contributed by atoms with Crippen LogP contribution in [0.1, 0.15) is 19.8 Å². The lowest BCUT2D eigenvalue weighted by Gasteiger charge is -2.41. The van der Waals surface area contributed by atoms with Crippen LogP contribution in [0.5, 0.6) is 0 Å². The maximum Gasteiger partial charge on any atom is 0.271 e. The van der Waals surface area contributed by atoms with Crippen LogP contribution in [0.15, 0.2) is 27.6 Å². The van der Waals surface area contributed by atoms with Gasteiger partial charge in [0.25, 0.3) is 5.69 Å². The van der Waals surface area contributed by atoms with Crippen molar-refractivity contribution in [3.8, 4) is 0 Å². The summed E-state index contributed by atoms with van der Waals surface area (Å²) >= 11 is 3.16. The van der Waals surface area contributed by atoms with Crippen molar-refractivity contribution in [2.24, 2.45) is 0 Å². The quantitative estimate of drug-likeness (QED) is 0.570. The zero-order valence-corrected chi connectivity index (χ0v) is 15.1. The molecular weight excluding hydrogens is 386 g/mol. The summed E-state index contributed by atoms with van der Waals surface area (Å²) in [5, 5.41) is 11.0.